The summed E-state index contributed by atoms with van der Waals surface area (Å²) in [6.45, 7) is 6.78. The van der Waals surface area contributed by atoms with Crippen molar-refractivity contribution in [1.82, 2.24) is 0 Å². The topological polar surface area (TPSA) is 0 Å². The standard InChI is InChI=1S/C5H10F/c1-4(2)5(3)6/h4-5H,3H2,1-2H3. The molecule has 0 bridgehead atoms. The van der Waals surface area contributed by atoms with Crippen LogP contribution in [0.1, 0.15) is 13.8 Å². The van der Waals surface area contributed by atoms with Crippen LogP contribution in [0.25, 0.3) is 0 Å². The fraction of sp³-hybridized carbons (Fsp3) is 0.800. The average molecular weight is 89.1 g/mol. The third kappa shape index (κ3) is 2.18. The second-order valence-corrected chi connectivity index (χ2v) is 1.76. The lowest BCUT2D eigenvalue weighted by Crippen LogP contribution is -2.01. The largest absolute Gasteiger partial charge is 0.247 e. The number of hydrogen-bond acceptors (Lipinski definition) is 0. The van der Waals surface area contributed by atoms with E-state index >= 15 is 0 Å². The molecule has 0 rings (SSSR count). The molecule has 0 aromatic rings. The summed E-state index contributed by atoms with van der Waals surface area (Å²) in [4.78, 5) is 0. The molecule has 0 saturated carbocycles. The smallest absolute Gasteiger partial charge is 0.102 e. The minimum atomic E-state index is -0.898. The van der Waals surface area contributed by atoms with E-state index < -0.39 is 6.17 Å². The fourth-order valence-corrected chi connectivity index (χ4v) is 0. The number of rotatable bonds is 1. The quantitative estimate of drug-likeness (QED) is 0.459. The Hall–Kier alpha value is -0.0700. The van der Waals surface area contributed by atoms with Crippen molar-refractivity contribution in [2.45, 2.75) is 20.0 Å². The van der Waals surface area contributed by atoms with Crippen LogP contribution in [0.3, 0.4) is 0 Å². The van der Waals surface area contributed by atoms with Crippen LogP contribution < -0.4 is 0 Å². The number of halogens is 1. The van der Waals surface area contributed by atoms with Crippen molar-refractivity contribution in [3.63, 3.8) is 0 Å². The Morgan fingerprint density at radius 2 is 1.67 bits per heavy atom. The van der Waals surface area contributed by atoms with E-state index in [-0.39, 0.29) is 5.92 Å². The van der Waals surface area contributed by atoms with E-state index in [1.807, 2.05) is 0 Å². The van der Waals surface area contributed by atoms with E-state index in [0.29, 0.717) is 0 Å². The van der Waals surface area contributed by atoms with Gasteiger partial charge in [-0.3, -0.25) is 0 Å². The van der Waals surface area contributed by atoms with Gasteiger partial charge in [0.1, 0.15) is 6.17 Å². The van der Waals surface area contributed by atoms with Gasteiger partial charge in [0.2, 0.25) is 0 Å². The molecule has 1 atom stereocenters. The van der Waals surface area contributed by atoms with Crippen molar-refractivity contribution in [2.24, 2.45) is 5.92 Å². The monoisotopic (exact) mass is 89.1 g/mol. The Labute approximate surface area is 38.4 Å². The molecule has 0 amide bonds. The molecule has 37 valence electrons. The van der Waals surface area contributed by atoms with Gasteiger partial charge in [0.15, 0.2) is 0 Å². The summed E-state index contributed by atoms with van der Waals surface area (Å²) < 4.78 is 11.7. The van der Waals surface area contributed by atoms with Crippen LogP contribution in [-0.2, 0) is 0 Å². The van der Waals surface area contributed by atoms with Gasteiger partial charge in [-0.15, -0.1) is 0 Å². The highest BCUT2D eigenvalue weighted by atomic mass is 19.1. The molecule has 1 unspecified atom stereocenters. The molecule has 6 heavy (non-hydrogen) atoms. The Bertz CT molecular complexity index is 24.9. The van der Waals surface area contributed by atoms with E-state index in [1.165, 1.54) is 0 Å². The highest BCUT2D eigenvalue weighted by Gasteiger charge is 2.00. The van der Waals surface area contributed by atoms with Gasteiger partial charge in [0, 0.05) is 0 Å². The molecule has 0 fully saturated rings. The average Bonchev–Trinajstić information content (AvgIpc) is 1.36. The molecule has 0 nitrogen and oxygen atoms in total. The van der Waals surface area contributed by atoms with Gasteiger partial charge >= 0.3 is 0 Å². The van der Waals surface area contributed by atoms with Crippen molar-refractivity contribution in [1.29, 1.82) is 0 Å². The second kappa shape index (κ2) is 2.17. The molecule has 0 heterocycles. The summed E-state index contributed by atoms with van der Waals surface area (Å²) in [7, 11) is 0. The van der Waals surface area contributed by atoms with Gasteiger partial charge in [-0.2, -0.15) is 0 Å². The zero-order chi connectivity index (χ0) is 5.15. The molecule has 0 aliphatic carbocycles. The van der Waals surface area contributed by atoms with Crippen molar-refractivity contribution in [3.05, 3.63) is 6.92 Å². The molecule has 0 aliphatic rings. The molecule has 0 aromatic heterocycles. The molecule has 1 radical (unpaired) electrons. The van der Waals surface area contributed by atoms with Crippen LogP contribution in [-0.4, -0.2) is 6.17 Å². The predicted molar refractivity (Wildman–Crippen MR) is 25.1 cm³/mol. The highest BCUT2D eigenvalue weighted by Crippen LogP contribution is 2.01. The lowest BCUT2D eigenvalue weighted by molar-refractivity contribution is 0.311. The van der Waals surface area contributed by atoms with E-state index in [0.717, 1.165) is 0 Å². The second-order valence-electron chi connectivity index (χ2n) is 1.76. The lowest BCUT2D eigenvalue weighted by Gasteiger charge is -2.01. The van der Waals surface area contributed by atoms with Crippen LogP contribution in [0, 0.1) is 12.8 Å². The van der Waals surface area contributed by atoms with Crippen LogP contribution in [0.4, 0.5) is 4.39 Å². The Morgan fingerprint density at radius 3 is 1.67 bits per heavy atom. The molecule has 1 heteroatoms. The van der Waals surface area contributed by atoms with E-state index in [1.54, 1.807) is 13.8 Å². The molecule has 0 aliphatic heterocycles. The number of hydrogen-bond donors (Lipinski definition) is 0. The van der Waals surface area contributed by atoms with Crippen LogP contribution in [0.15, 0.2) is 0 Å². The first-order valence-corrected chi connectivity index (χ1v) is 2.11. The summed E-state index contributed by atoms with van der Waals surface area (Å²) >= 11 is 0. The van der Waals surface area contributed by atoms with Crippen LogP contribution in [0.2, 0.25) is 0 Å². The maximum absolute atomic E-state index is 11.7. The fourth-order valence-electron chi connectivity index (χ4n) is 0. The van der Waals surface area contributed by atoms with Crippen LogP contribution in [0.5, 0.6) is 0 Å². The van der Waals surface area contributed by atoms with Crippen molar-refractivity contribution in [2.75, 3.05) is 0 Å². The molecule has 0 N–H and O–H groups in total. The number of alkyl halides is 1. The maximum atomic E-state index is 11.7. The van der Waals surface area contributed by atoms with E-state index in [9.17, 15) is 4.39 Å². The first-order chi connectivity index (χ1) is 2.64. The summed E-state index contributed by atoms with van der Waals surface area (Å²) in [6, 6.07) is 0. The van der Waals surface area contributed by atoms with E-state index in [4.69, 9.17) is 0 Å². The Kier molecular flexibility index (Phi) is 2.14. The van der Waals surface area contributed by atoms with Gasteiger partial charge < -0.3 is 0 Å². The predicted octanol–water partition coefficient (Wildman–Crippen LogP) is 1.81. The normalized spacial score (nSPS) is 15.5. The third-order valence-electron chi connectivity index (χ3n) is 0.723. The van der Waals surface area contributed by atoms with Gasteiger partial charge in [-0.05, 0) is 12.8 Å². The summed E-state index contributed by atoms with van der Waals surface area (Å²) in [6.07, 6.45) is -0.898. The lowest BCUT2D eigenvalue weighted by atomic mass is 10.1. The van der Waals surface area contributed by atoms with Gasteiger partial charge in [0.05, 0.1) is 0 Å². The molecule has 0 spiro atoms. The van der Waals surface area contributed by atoms with Crippen LogP contribution >= 0.6 is 0 Å². The molecular weight excluding hydrogens is 79.1 g/mol. The summed E-state index contributed by atoms with van der Waals surface area (Å²) in [5, 5.41) is 0. The van der Waals surface area contributed by atoms with Crippen molar-refractivity contribution < 1.29 is 4.39 Å². The zero-order valence-electron chi connectivity index (χ0n) is 4.24. The van der Waals surface area contributed by atoms with Crippen molar-refractivity contribution in [3.8, 4) is 0 Å². The van der Waals surface area contributed by atoms with Gasteiger partial charge in [-0.25, -0.2) is 4.39 Å². The Morgan fingerprint density at radius 1 is 1.50 bits per heavy atom. The zero-order valence-corrected chi connectivity index (χ0v) is 4.24. The maximum Gasteiger partial charge on any atom is 0.102 e. The molecular formula is C5H10F. The van der Waals surface area contributed by atoms with Gasteiger partial charge in [-0.1, -0.05) is 13.8 Å². The first-order valence-electron chi connectivity index (χ1n) is 2.11. The Balaban J connectivity index is 2.99. The highest BCUT2D eigenvalue weighted by molar-refractivity contribution is 4.59. The first kappa shape index (κ1) is 5.93. The minimum absolute atomic E-state index is 0.0741. The van der Waals surface area contributed by atoms with E-state index in [2.05, 4.69) is 6.92 Å². The SMILES string of the molecule is [CH2]C(F)C(C)C. The summed E-state index contributed by atoms with van der Waals surface area (Å²) in [5.41, 5.74) is 0. The third-order valence-corrected chi connectivity index (χ3v) is 0.723. The summed E-state index contributed by atoms with van der Waals surface area (Å²) in [5.74, 6) is 0.0741. The minimum Gasteiger partial charge on any atom is -0.247 e. The van der Waals surface area contributed by atoms with Gasteiger partial charge in [0.25, 0.3) is 0 Å². The molecule has 0 saturated heterocycles. The molecule has 0 aromatic carbocycles. The van der Waals surface area contributed by atoms with Crippen molar-refractivity contribution >= 4 is 0 Å².